The molecule has 10 rings (SSSR count). The summed E-state index contributed by atoms with van der Waals surface area (Å²) in [5.74, 6) is 0.767. The Hall–Kier alpha value is -5.60. The van der Waals surface area contributed by atoms with E-state index in [4.69, 9.17) is 0 Å². The number of hydrogen-bond acceptors (Lipinski definition) is 1. The maximum Gasteiger partial charge on any atom is 0.0547 e. The summed E-state index contributed by atoms with van der Waals surface area (Å²) in [7, 11) is 0. The lowest BCUT2D eigenvalue weighted by molar-refractivity contribution is 0.453. The van der Waals surface area contributed by atoms with Gasteiger partial charge in [-0.05, 0) is 112 Å². The molecule has 230 valence electrons. The molecule has 1 aliphatic heterocycles. The Labute approximate surface area is 281 Å². The predicted octanol–water partition coefficient (Wildman–Crippen LogP) is 12.1. The largest absolute Gasteiger partial charge is 0.338 e. The number of aromatic nitrogens is 1. The summed E-state index contributed by atoms with van der Waals surface area (Å²) in [6, 6.07) is 59.1. The lowest BCUT2D eigenvalue weighted by Gasteiger charge is -2.41. The summed E-state index contributed by atoms with van der Waals surface area (Å²) in [4.78, 5) is 2.63. The maximum atomic E-state index is 2.63. The molecule has 0 radical (unpaired) electrons. The zero-order valence-corrected chi connectivity index (χ0v) is 26.9. The van der Waals surface area contributed by atoms with E-state index in [0.29, 0.717) is 6.04 Å². The first kappa shape index (κ1) is 27.5. The van der Waals surface area contributed by atoms with Crippen molar-refractivity contribution in [3.8, 4) is 27.9 Å². The molecule has 0 bridgehead atoms. The molecule has 0 amide bonds. The number of rotatable bonds is 4. The molecule has 2 atom stereocenters. The van der Waals surface area contributed by atoms with E-state index < -0.39 is 0 Å². The Morgan fingerprint density at radius 2 is 1.04 bits per heavy atom. The van der Waals surface area contributed by atoms with Crippen LogP contribution in [-0.2, 0) is 6.42 Å². The fourth-order valence-electron chi connectivity index (χ4n) is 8.71. The molecule has 0 N–H and O–H groups in total. The number of fused-ring (bicyclic) bond motifs is 6. The number of benzene rings is 7. The third-order valence-electron chi connectivity index (χ3n) is 11.0. The first-order chi connectivity index (χ1) is 23.8. The van der Waals surface area contributed by atoms with Crippen molar-refractivity contribution in [1.82, 2.24) is 4.57 Å². The number of nitrogens with zero attached hydrogens (tertiary/aromatic N) is 2. The zero-order chi connectivity index (χ0) is 31.6. The molecular weight excluding hydrogens is 581 g/mol. The Bertz CT molecular complexity index is 2450. The van der Waals surface area contributed by atoms with Crippen LogP contribution in [-0.4, -0.2) is 10.6 Å². The van der Waals surface area contributed by atoms with E-state index in [1.807, 2.05) is 0 Å². The van der Waals surface area contributed by atoms with E-state index in [0.717, 1.165) is 5.92 Å². The van der Waals surface area contributed by atoms with Gasteiger partial charge < -0.3 is 9.47 Å². The van der Waals surface area contributed by atoms with Crippen molar-refractivity contribution < 1.29 is 0 Å². The van der Waals surface area contributed by atoms with Gasteiger partial charge in [-0.3, -0.25) is 0 Å². The monoisotopic (exact) mass is 616 g/mol. The summed E-state index contributed by atoms with van der Waals surface area (Å²) in [6.45, 7) is 0. The molecule has 1 saturated carbocycles. The lowest BCUT2D eigenvalue weighted by Crippen LogP contribution is -2.39. The smallest absolute Gasteiger partial charge is 0.0547 e. The average molecular weight is 617 g/mol. The van der Waals surface area contributed by atoms with Gasteiger partial charge in [0.15, 0.2) is 0 Å². The van der Waals surface area contributed by atoms with Crippen molar-refractivity contribution in [2.24, 2.45) is 5.92 Å². The van der Waals surface area contributed by atoms with Crippen molar-refractivity contribution in [3.63, 3.8) is 0 Å². The quantitative estimate of drug-likeness (QED) is 0.191. The molecule has 1 aliphatic carbocycles. The second-order valence-electron chi connectivity index (χ2n) is 13.7. The van der Waals surface area contributed by atoms with Crippen LogP contribution in [0.25, 0.3) is 60.5 Å². The first-order valence-corrected chi connectivity index (χ1v) is 17.4. The van der Waals surface area contributed by atoms with Crippen LogP contribution in [0.4, 0.5) is 11.4 Å². The van der Waals surface area contributed by atoms with Gasteiger partial charge >= 0.3 is 0 Å². The normalized spacial score (nSPS) is 17.2. The second kappa shape index (κ2) is 11.0. The predicted molar refractivity (Wildman–Crippen MR) is 203 cm³/mol. The van der Waals surface area contributed by atoms with Crippen LogP contribution in [0.3, 0.4) is 0 Å². The molecule has 48 heavy (non-hydrogen) atoms. The minimum absolute atomic E-state index is 0.617. The fourth-order valence-corrected chi connectivity index (χ4v) is 8.71. The highest BCUT2D eigenvalue weighted by Gasteiger charge is 2.38. The molecule has 1 fully saturated rings. The van der Waals surface area contributed by atoms with Gasteiger partial charge in [0.1, 0.15) is 0 Å². The Morgan fingerprint density at radius 1 is 0.458 bits per heavy atom. The third kappa shape index (κ3) is 4.40. The topological polar surface area (TPSA) is 8.17 Å². The van der Waals surface area contributed by atoms with E-state index >= 15 is 0 Å². The van der Waals surface area contributed by atoms with Crippen molar-refractivity contribution in [1.29, 1.82) is 0 Å². The molecule has 8 aromatic rings. The highest BCUT2D eigenvalue weighted by atomic mass is 15.2. The highest BCUT2D eigenvalue weighted by Crippen LogP contribution is 2.46. The molecule has 7 aromatic carbocycles. The van der Waals surface area contributed by atoms with E-state index in [2.05, 4.69) is 167 Å². The van der Waals surface area contributed by atoms with Crippen molar-refractivity contribution in [2.45, 2.75) is 31.7 Å². The van der Waals surface area contributed by atoms with Crippen LogP contribution in [0.2, 0.25) is 0 Å². The molecule has 1 aromatic heterocycles. The van der Waals surface area contributed by atoms with E-state index in [9.17, 15) is 0 Å². The average Bonchev–Trinajstić information content (AvgIpc) is 3.75. The summed E-state index contributed by atoms with van der Waals surface area (Å²) in [5, 5.41) is 5.12. The number of hydrogen-bond donors (Lipinski definition) is 0. The van der Waals surface area contributed by atoms with Gasteiger partial charge in [0, 0.05) is 33.9 Å². The van der Waals surface area contributed by atoms with Crippen LogP contribution < -0.4 is 4.90 Å². The summed E-state index contributed by atoms with van der Waals surface area (Å²) >= 11 is 0. The molecule has 2 heterocycles. The van der Waals surface area contributed by atoms with Gasteiger partial charge in [-0.15, -0.1) is 0 Å². The molecular formula is C46H36N2. The van der Waals surface area contributed by atoms with Crippen LogP contribution in [0.5, 0.6) is 0 Å². The molecule has 2 unspecified atom stereocenters. The van der Waals surface area contributed by atoms with Crippen molar-refractivity contribution in [2.75, 3.05) is 4.90 Å². The SMILES string of the molecule is c1ccc2c(c1)CC1CCCC1N2c1ccc(-c2ccc(-c3ccc(-n4c5ccccc5c5cc6ccccc6cc54)cc3)cc2)cc1. The van der Waals surface area contributed by atoms with Crippen LogP contribution in [0, 0.1) is 5.92 Å². The number of para-hydroxylation sites is 2. The Kier molecular flexibility index (Phi) is 6.30. The zero-order valence-electron chi connectivity index (χ0n) is 26.9. The highest BCUT2D eigenvalue weighted by molar-refractivity contribution is 6.13. The Morgan fingerprint density at radius 3 is 1.77 bits per heavy atom. The molecule has 2 heteroatoms. The van der Waals surface area contributed by atoms with Crippen LogP contribution in [0.15, 0.2) is 158 Å². The summed E-state index contributed by atoms with van der Waals surface area (Å²) in [5.41, 5.74) is 12.8. The van der Waals surface area contributed by atoms with Crippen molar-refractivity contribution >= 4 is 44.0 Å². The molecule has 0 saturated heterocycles. The van der Waals surface area contributed by atoms with Gasteiger partial charge in [-0.25, -0.2) is 0 Å². The molecule has 0 spiro atoms. The lowest BCUT2D eigenvalue weighted by atomic mass is 9.87. The summed E-state index contributed by atoms with van der Waals surface area (Å²) < 4.78 is 2.41. The minimum atomic E-state index is 0.617. The Balaban J connectivity index is 0.941. The maximum absolute atomic E-state index is 2.63. The number of anilines is 2. The first-order valence-electron chi connectivity index (χ1n) is 17.4. The van der Waals surface area contributed by atoms with Crippen LogP contribution in [0.1, 0.15) is 24.8 Å². The van der Waals surface area contributed by atoms with Gasteiger partial charge in [-0.1, -0.05) is 116 Å². The van der Waals surface area contributed by atoms with Gasteiger partial charge in [0.25, 0.3) is 0 Å². The van der Waals surface area contributed by atoms with E-state index in [1.54, 1.807) is 0 Å². The third-order valence-corrected chi connectivity index (χ3v) is 11.0. The van der Waals surface area contributed by atoms with E-state index in [-0.39, 0.29) is 0 Å². The molecule has 2 aliphatic rings. The standard InChI is InChI=1S/C46H36N2/c1-2-9-36-30-46-42(29-35(36)8-1)41-12-4-6-14-45(41)48(46)40-26-22-34(23-27-40)32-18-16-31(17-19-32)33-20-24-39(25-21-33)47-43-13-5-3-10-37(43)28-38-11-7-15-44(38)47/h1-6,8-10,12-14,16-27,29-30,38,44H,7,11,15,28H2. The second-order valence-corrected chi connectivity index (χ2v) is 13.7. The van der Waals surface area contributed by atoms with E-state index in [1.165, 1.54) is 103 Å². The van der Waals surface area contributed by atoms with Gasteiger partial charge in [0.2, 0.25) is 0 Å². The van der Waals surface area contributed by atoms with Gasteiger partial charge in [-0.2, -0.15) is 0 Å². The van der Waals surface area contributed by atoms with Crippen molar-refractivity contribution in [3.05, 3.63) is 163 Å². The summed E-state index contributed by atoms with van der Waals surface area (Å²) in [6.07, 6.45) is 5.20. The van der Waals surface area contributed by atoms with Gasteiger partial charge in [0.05, 0.1) is 11.0 Å². The fraction of sp³-hybridized carbons (Fsp3) is 0.130. The van der Waals surface area contributed by atoms with Crippen LogP contribution >= 0.6 is 0 Å². The molecule has 2 nitrogen and oxygen atoms in total. The minimum Gasteiger partial charge on any atom is -0.338 e.